The van der Waals surface area contributed by atoms with E-state index in [2.05, 4.69) is 9.88 Å². The quantitative estimate of drug-likeness (QED) is 0.938. The summed E-state index contributed by atoms with van der Waals surface area (Å²) in [5, 5.41) is 9.24. The number of ether oxygens (including phenoxy) is 1. The zero-order valence-electron chi connectivity index (χ0n) is 11.5. The van der Waals surface area contributed by atoms with E-state index in [1.54, 1.807) is 6.07 Å². The normalized spacial score (nSPS) is 14.0. The molecule has 0 saturated heterocycles. The molecule has 1 aliphatic rings. The fourth-order valence-corrected chi connectivity index (χ4v) is 2.53. The Morgan fingerprint density at radius 1 is 1.29 bits per heavy atom. The standard InChI is InChI=1S/C16H16N2O3/c19-16(20)15-12(5-3-8-17-15)11-18-9-4-10-21-14-7-2-1-6-13(14)18/h1-3,5-8H,4,9-11H2,(H,19,20). The molecule has 0 fully saturated rings. The number of rotatable bonds is 3. The van der Waals surface area contributed by atoms with E-state index in [1.165, 1.54) is 6.20 Å². The van der Waals surface area contributed by atoms with Gasteiger partial charge in [-0.05, 0) is 24.6 Å². The molecule has 1 aliphatic heterocycles. The summed E-state index contributed by atoms with van der Waals surface area (Å²) in [5.41, 5.74) is 1.82. The molecular weight excluding hydrogens is 268 g/mol. The van der Waals surface area contributed by atoms with Gasteiger partial charge in [0.1, 0.15) is 5.75 Å². The average Bonchev–Trinajstić information content (AvgIpc) is 2.70. The van der Waals surface area contributed by atoms with Gasteiger partial charge in [-0.3, -0.25) is 0 Å². The molecule has 0 atom stereocenters. The fourth-order valence-electron chi connectivity index (χ4n) is 2.53. The highest BCUT2D eigenvalue weighted by Gasteiger charge is 2.19. The Bertz CT molecular complexity index is 657. The van der Waals surface area contributed by atoms with E-state index in [4.69, 9.17) is 4.74 Å². The monoisotopic (exact) mass is 284 g/mol. The van der Waals surface area contributed by atoms with Gasteiger partial charge >= 0.3 is 5.97 Å². The molecule has 1 N–H and O–H groups in total. The van der Waals surface area contributed by atoms with Gasteiger partial charge in [0.05, 0.1) is 12.3 Å². The molecule has 0 aliphatic carbocycles. The number of carbonyl (C=O) groups is 1. The molecule has 2 heterocycles. The van der Waals surface area contributed by atoms with Gasteiger partial charge < -0.3 is 14.7 Å². The van der Waals surface area contributed by atoms with E-state index in [-0.39, 0.29) is 5.69 Å². The van der Waals surface area contributed by atoms with Crippen LogP contribution in [0, 0.1) is 0 Å². The number of fused-ring (bicyclic) bond motifs is 1. The molecule has 2 aromatic rings. The minimum Gasteiger partial charge on any atom is -0.491 e. The van der Waals surface area contributed by atoms with Crippen molar-refractivity contribution in [3.8, 4) is 5.75 Å². The van der Waals surface area contributed by atoms with E-state index in [0.717, 1.165) is 24.4 Å². The molecule has 0 amide bonds. The van der Waals surface area contributed by atoms with Crippen LogP contribution in [-0.4, -0.2) is 29.2 Å². The number of aromatic carboxylic acids is 1. The molecule has 5 heteroatoms. The van der Waals surface area contributed by atoms with Gasteiger partial charge in [-0.1, -0.05) is 18.2 Å². The summed E-state index contributed by atoms with van der Waals surface area (Å²) in [5.74, 6) is -0.152. The molecule has 21 heavy (non-hydrogen) atoms. The summed E-state index contributed by atoms with van der Waals surface area (Å²) in [4.78, 5) is 17.4. The largest absolute Gasteiger partial charge is 0.491 e. The van der Waals surface area contributed by atoms with Crippen molar-refractivity contribution < 1.29 is 14.6 Å². The van der Waals surface area contributed by atoms with Crippen molar-refractivity contribution in [2.24, 2.45) is 0 Å². The van der Waals surface area contributed by atoms with E-state index in [0.29, 0.717) is 18.7 Å². The first kappa shape index (κ1) is 13.4. The lowest BCUT2D eigenvalue weighted by molar-refractivity contribution is 0.0689. The molecule has 0 spiro atoms. The molecule has 0 radical (unpaired) electrons. The lowest BCUT2D eigenvalue weighted by Gasteiger charge is -2.24. The van der Waals surface area contributed by atoms with E-state index in [1.807, 2.05) is 30.3 Å². The summed E-state index contributed by atoms with van der Waals surface area (Å²) in [7, 11) is 0. The van der Waals surface area contributed by atoms with Crippen molar-refractivity contribution in [3.63, 3.8) is 0 Å². The zero-order chi connectivity index (χ0) is 14.7. The smallest absolute Gasteiger partial charge is 0.354 e. The molecule has 5 nitrogen and oxygen atoms in total. The number of aromatic nitrogens is 1. The second kappa shape index (κ2) is 5.83. The highest BCUT2D eigenvalue weighted by molar-refractivity contribution is 5.87. The minimum absolute atomic E-state index is 0.111. The molecule has 0 saturated carbocycles. The second-order valence-electron chi connectivity index (χ2n) is 4.91. The van der Waals surface area contributed by atoms with Crippen LogP contribution < -0.4 is 9.64 Å². The number of hydrogen-bond acceptors (Lipinski definition) is 4. The number of para-hydroxylation sites is 2. The van der Waals surface area contributed by atoms with Gasteiger partial charge in [0, 0.05) is 24.8 Å². The molecule has 1 aromatic carbocycles. The third-order valence-corrected chi connectivity index (χ3v) is 3.49. The van der Waals surface area contributed by atoms with Crippen molar-refractivity contribution in [2.45, 2.75) is 13.0 Å². The Morgan fingerprint density at radius 3 is 3.00 bits per heavy atom. The van der Waals surface area contributed by atoms with E-state index in [9.17, 15) is 9.90 Å². The van der Waals surface area contributed by atoms with Gasteiger partial charge in [0.2, 0.25) is 0 Å². The molecule has 0 unspecified atom stereocenters. The first-order chi connectivity index (χ1) is 10.3. The first-order valence-corrected chi connectivity index (χ1v) is 6.89. The lowest BCUT2D eigenvalue weighted by Crippen LogP contribution is -2.24. The van der Waals surface area contributed by atoms with Gasteiger partial charge in [-0.25, -0.2) is 9.78 Å². The number of benzene rings is 1. The van der Waals surface area contributed by atoms with Crippen LogP contribution in [0.15, 0.2) is 42.6 Å². The maximum absolute atomic E-state index is 11.3. The Labute approximate surface area is 122 Å². The predicted molar refractivity (Wildman–Crippen MR) is 78.8 cm³/mol. The summed E-state index contributed by atoms with van der Waals surface area (Å²) < 4.78 is 5.72. The third-order valence-electron chi connectivity index (χ3n) is 3.49. The van der Waals surface area contributed by atoms with Crippen LogP contribution >= 0.6 is 0 Å². The minimum atomic E-state index is -0.995. The van der Waals surface area contributed by atoms with Crippen molar-refractivity contribution in [1.29, 1.82) is 0 Å². The number of carboxylic acids is 1. The van der Waals surface area contributed by atoms with Crippen LogP contribution in [0.4, 0.5) is 5.69 Å². The lowest BCUT2D eigenvalue weighted by atomic mass is 10.1. The highest BCUT2D eigenvalue weighted by atomic mass is 16.5. The zero-order valence-corrected chi connectivity index (χ0v) is 11.5. The van der Waals surface area contributed by atoms with E-state index < -0.39 is 5.97 Å². The second-order valence-corrected chi connectivity index (χ2v) is 4.91. The molecule has 1 aromatic heterocycles. The van der Waals surface area contributed by atoms with Crippen LogP contribution in [0.2, 0.25) is 0 Å². The Morgan fingerprint density at radius 2 is 2.14 bits per heavy atom. The Balaban J connectivity index is 1.93. The molecule has 3 rings (SSSR count). The topological polar surface area (TPSA) is 62.7 Å². The highest BCUT2D eigenvalue weighted by Crippen LogP contribution is 2.31. The van der Waals surface area contributed by atoms with E-state index >= 15 is 0 Å². The molecule has 108 valence electrons. The Kier molecular flexibility index (Phi) is 3.73. The maximum atomic E-state index is 11.3. The Hall–Kier alpha value is -2.56. The van der Waals surface area contributed by atoms with Crippen molar-refractivity contribution in [2.75, 3.05) is 18.1 Å². The molecule has 0 bridgehead atoms. The average molecular weight is 284 g/mol. The summed E-state index contributed by atoms with van der Waals surface area (Å²) in [6.45, 7) is 2.01. The maximum Gasteiger partial charge on any atom is 0.354 e. The van der Waals surface area contributed by atoms with Crippen molar-refractivity contribution >= 4 is 11.7 Å². The van der Waals surface area contributed by atoms with Gasteiger partial charge in [0.25, 0.3) is 0 Å². The van der Waals surface area contributed by atoms with Crippen LogP contribution in [-0.2, 0) is 6.54 Å². The first-order valence-electron chi connectivity index (χ1n) is 6.89. The number of carboxylic acid groups (broad SMARTS) is 1. The van der Waals surface area contributed by atoms with Crippen LogP contribution in [0.3, 0.4) is 0 Å². The fraction of sp³-hybridized carbons (Fsp3) is 0.250. The number of hydrogen-bond donors (Lipinski definition) is 1. The summed E-state index contributed by atoms with van der Waals surface area (Å²) in [6, 6.07) is 11.4. The molecular formula is C16H16N2O3. The number of anilines is 1. The summed E-state index contributed by atoms with van der Waals surface area (Å²) in [6.07, 6.45) is 2.41. The van der Waals surface area contributed by atoms with Crippen LogP contribution in [0.25, 0.3) is 0 Å². The van der Waals surface area contributed by atoms with Crippen molar-refractivity contribution in [1.82, 2.24) is 4.98 Å². The van der Waals surface area contributed by atoms with Crippen LogP contribution in [0.1, 0.15) is 22.5 Å². The summed E-state index contributed by atoms with van der Waals surface area (Å²) >= 11 is 0. The van der Waals surface area contributed by atoms with Crippen LogP contribution in [0.5, 0.6) is 5.75 Å². The van der Waals surface area contributed by atoms with Gasteiger partial charge in [-0.15, -0.1) is 0 Å². The number of nitrogens with zero attached hydrogens (tertiary/aromatic N) is 2. The third kappa shape index (κ3) is 2.81. The van der Waals surface area contributed by atoms with Gasteiger partial charge in [0.15, 0.2) is 5.69 Å². The predicted octanol–water partition coefficient (Wildman–Crippen LogP) is 2.57. The number of pyridine rings is 1. The van der Waals surface area contributed by atoms with Crippen molar-refractivity contribution in [3.05, 3.63) is 53.9 Å². The SMILES string of the molecule is O=C(O)c1ncccc1CN1CCCOc2ccccc21. The van der Waals surface area contributed by atoms with Gasteiger partial charge in [-0.2, -0.15) is 0 Å².